The van der Waals surface area contributed by atoms with Crippen molar-refractivity contribution in [2.24, 2.45) is 5.92 Å². The minimum absolute atomic E-state index is 0.183. The van der Waals surface area contributed by atoms with Gasteiger partial charge < -0.3 is 10.1 Å². The number of methoxy groups -OCH3 is 1. The van der Waals surface area contributed by atoms with Gasteiger partial charge in [0, 0.05) is 5.69 Å². The monoisotopic (exact) mass is 341 g/mol. The molecule has 8 heteroatoms. The number of hydrogen-bond acceptors (Lipinski definition) is 6. The zero-order chi connectivity index (χ0) is 17.6. The van der Waals surface area contributed by atoms with Gasteiger partial charge in [-0.25, -0.2) is 9.59 Å². The zero-order valence-electron chi connectivity index (χ0n) is 14.1. The summed E-state index contributed by atoms with van der Waals surface area (Å²) in [5.41, 5.74) is 0.158. The Hall–Kier alpha value is -1.83. The van der Waals surface area contributed by atoms with Crippen molar-refractivity contribution in [3.63, 3.8) is 0 Å². The fourth-order valence-electron chi connectivity index (χ4n) is 2.10. The number of esters is 1. The lowest BCUT2D eigenvalue weighted by molar-refractivity contribution is -0.145. The molecule has 1 rings (SSSR count). The molecule has 0 spiro atoms. The van der Waals surface area contributed by atoms with Crippen LogP contribution in [0.15, 0.2) is 15.9 Å². The maximum atomic E-state index is 12.2. The summed E-state index contributed by atoms with van der Waals surface area (Å²) >= 11 is 1.36. The molecule has 128 valence electrons. The van der Waals surface area contributed by atoms with Gasteiger partial charge in [-0.2, -0.15) is 4.98 Å². The van der Waals surface area contributed by atoms with Crippen LogP contribution in [0, 0.1) is 12.8 Å². The first-order chi connectivity index (χ1) is 10.8. The van der Waals surface area contributed by atoms with Gasteiger partial charge in [-0.1, -0.05) is 13.8 Å². The van der Waals surface area contributed by atoms with E-state index in [1.54, 1.807) is 13.0 Å². The van der Waals surface area contributed by atoms with Crippen molar-refractivity contribution in [2.75, 3.05) is 13.4 Å². The van der Waals surface area contributed by atoms with E-state index in [0.29, 0.717) is 17.1 Å². The van der Waals surface area contributed by atoms with Crippen LogP contribution >= 0.6 is 11.8 Å². The molecule has 0 saturated heterocycles. The number of thioether (sulfide) groups is 1. The molecule has 0 aliphatic heterocycles. The van der Waals surface area contributed by atoms with E-state index in [4.69, 9.17) is 4.74 Å². The molecule has 0 radical (unpaired) electrons. The Morgan fingerprint density at radius 2 is 2.09 bits per heavy atom. The molecule has 0 fully saturated rings. The summed E-state index contributed by atoms with van der Waals surface area (Å²) in [5, 5.41) is 3.23. The van der Waals surface area contributed by atoms with Crippen LogP contribution < -0.4 is 11.0 Å². The molecular formula is C15H23N3O4S. The minimum Gasteiger partial charge on any atom is -0.467 e. The normalized spacial score (nSPS) is 12.1. The maximum Gasteiger partial charge on any atom is 0.349 e. The van der Waals surface area contributed by atoms with Crippen molar-refractivity contribution in [3.8, 4) is 0 Å². The quantitative estimate of drug-likeness (QED) is 0.452. The molecule has 1 heterocycles. The van der Waals surface area contributed by atoms with Crippen LogP contribution in [0.5, 0.6) is 0 Å². The Labute approximate surface area is 139 Å². The summed E-state index contributed by atoms with van der Waals surface area (Å²) in [6.45, 7) is 5.45. The number of carbonyl (C=O) groups is 2. The van der Waals surface area contributed by atoms with Gasteiger partial charge in [0.25, 0.3) is 0 Å². The molecule has 23 heavy (non-hydrogen) atoms. The molecule has 1 aromatic heterocycles. The third-order valence-corrected chi connectivity index (χ3v) is 3.86. The van der Waals surface area contributed by atoms with Crippen molar-refractivity contribution in [1.29, 1.82) is 0 Å². The number of aryl methyl sites for hydroxylation is 1. The van der Waals surface area contributed by atoms with E-state index in [0.717, 1.165) is 0 Å². The van der Waals surface area contributed by atoms with Crippen molar-refractivity contribution < 1.29 is 14.3 Å². The lowest BCUT2D eigenvalue weighted by atomic mass is 10.0. The largest absolute Gasteiger partial charge is 0.467 e. The smallest absolute Gasteiger partial charge is 0.349 e. The summed E-state index contributed by atoms with van der Waals surface area (Å²) in [4.78, 5) is 39.8. The van der Waals surface area contributed by atoms with Crippen LogP contribution in [-0.4, -0.2) is 40.8 Å². The first-order valence-corrected chi connectivity index (χ1v) is 8.50. The molecule has 1 atom stereocenters. The molecule has 1 amide bonds. The van der Waals surface area contributed by atoms with Gasteiger partial charge in [0.05, 0.1) is 7.11 Å². The molecule has 0 unspecified atom stereocenters. The number of ether oxygens (including phenoxy) is 1. The summed E-state index contributed by atoms with van der Waals surface area (Å²) in [6, 6.07) is 1.02. The van der Waals surface area contributed by atoms with Crippen LogP contribution in [-0.2, 0) is 20.9 Å². The minimum atomic E-state index is -0.720. The summed E-state index contributed by atoms with van der Waals surface area (Å²) in [7, 11) is 1.28. The molecular weight excluding hydrogens is 318 g/mol. The topological polar surface area (TPSA) is 90.3 Å². The summed E-state index contributed by atoms with van der Waals surface area (Å²) in [6.07, 6.45) is 2.29. The predicted molar refractivity (Wildman–Crippen MR) is 88.4 cm³/mol. The van der Waals surface area contributed by atoms with E-state index in [-0.39, 0.29) is 12.5 Å². The molecule has 1 aromatic rings. The van der Waals surface area contributed by atoms with E-state index >= 15 is 0 Å². The first kappa shape index (κ1) is 19.2. The van der Waals surface area contributed by atoms with Crippen LogP contribution in [0.1, 0.15) is 26.0 Å². The van der Waals surface area contributed by atoms with Gasteiger partial charge in [-0.15, -0.1) is 11.8 Å². The molecule has 0 bridgehead atoms. The second-order valence-corrected chi connectivity index (χ2v) is 6.41. The van der Waals surface area contributed by atoms with Crippen LogP contribution in [0.3, 0.4) is 0 Å². The van der Waals surface area contributed by atoms with E-state index in [2.05, 4.69) is 10.3 Å². The van der Waals surface area contributed by atoms with Crippen molar-refractivity contribution in [2.45, 2.75) is 44.8 Å². The highest BCUT2D eigenvalue weighted by Gasteiger charge is 2.23. The maximum absolute atomic E-state index is 12.2. The van der Waals surface area contributed by atoms with Gasteiger partial charge in [-0.3, -0.25) is 9.36 Å². The number of carbonyl (C=O) groups excluding carboxylic acids is 2. The highest BCUT2D eigenvalue weighted by atomic mass is 32.2. The third-order valence-electron chi connectivity index (χ3n) is 3.23. The summed E-state index contributed by atoms with van der Waals surface area (Å²) in [5.74, 6) is -0.705. The third kappa shape index (κ3) is 5.70. The Bertz CT molecular complexity index is 628. The zero-order valence-corrected chi connectivity index (χ0v) is 14.9. The molecule has 0 aliphatic rings. The molecule has 0 aliphatic carbocycles. The van der Waals surface area contributed by atoms with Gasteiger partial charge >= 0.3 is 11.7 Å². The molecule has 0 saturated carbocycles. The summed E-state index contributed by atoms with van der Waals surface area (Å²) < 4.78 is 5.98. The number of aromatic nitrogens is 2. The Morgan fingerprint density at radius 3 is 2.57 bits per heavy atom. The number of nitrogens with zero attached hydrogens (tertiary/aromatic N) is 2. The number of nitrogens with one attached hydrogen (secondary N) is 1. The average Bonchev–Trinajstić information content (AvgIpc) is 2.48. The van der Waals surface area contributed by atoms with Gasteiger partial charge in [0.1, 0.15) is 17.6 Å². The second kappa shape index (κ2) is 8.71. The van der Waals surface area contributed by atoms with Crippen molar-refractivity contribution in [3.05, 3.63) is 22.2 Å². The second-order valence-electron chi connectivity index (χ2n) is 5.58. The average molecular weight is 341 g/mol. The molecule has 0 aromatic carbocycles. The molecule has 7 nitrogen and oxygen atoms in total. The molecule has 1 N–H and O–H groups in total. The fraction of sp³-hybridized carbons (Fsp3) is 0.600. The van der Waals surface area contributed by atoms with Crippen LogP contribution in [0.2, 0.25) is 0 Å². The fourth-order valence-corrected chi connectivity index (χ4v) is 2.56. The van der Waals surface area contributed by atoms with Crippen molar-refractivity contribution in [1.82, 2.24) is 14.9 Å². The van der Waals surface area contributed by atoms with E-state index in [9.17, 15) is 14.4 Å². The standard InChI is InChI=1S/C15H23N3O4S/c1-9(2)6-11(14(20)22-4)16-12(19)8-18-10(3)7-13(23-5)17-15(18)21/h7,9,11H,6,8H2,1-5H3,(H,16,19)/t11-/m0/s1. The van der Waals surface area contributed by atoms with E-state index in [1.807, 2.05) is 20.1 Å². The SMILES string of the molecule is COC(=O)[C@H](CC(C)C)NC(=O)Cn1c(C)cc(SC)nc1=O. The van der Waals surface area contributed by atoms with Gasteiger partial charge in [-0.05, 0) is 31.6 Å². The lowest BCUT2D eigenvalue weighted by Crippen LogP contribution is -2.45. The first-order valence-electron chi connectivity index (χ1n) is 7.28. The number of rotatable bonds is 7. The highest BCUT2D eigenvalue weighted by Crippen LogP contribution is 2.10. The number of hydrogen-bond donors (Lipinski definition) is 1. The Kier molecular flexibility index (Phi) is 7.28. The van der Waals surface area contributed by atoms with Gasteiger partial charge in [0.15, 0.2) is 0 Å². The Balaban J connectivity index is 2.86. The van der Waals surface area contributed by atoms with Gasteiger partial charge in [0.2, 0.25) is 5.91 Å². The lowest BCUT2D eigenvalue weighted by Gasteiger charge is -2.19. The van der Waals surface area contributed by atoms with E-state index in [1.165, 1.54) is 23.4 Å². The Morgan fingerprint density at radius 1 is 1.43 bits per heavy atom. The van der Waals surface area contributed by atoms with Crippen LogP contribution in [0.25, 0.3) is 0 Å². The number of amides is 1. The van der Waals surface area contributed by atoms with Crippen molar-refractivity contribution >= 4 is 23.6 Å². The van der Waals surface area contributed by atoms with Crippen LogP contribution in [0.4, 0.5) is 0 Å². The van der Waals surface area contributed by atoms with E-state index < -0.39 is 23.6 Å². The predicted octanol–water partition coefficient (Wildman–Crippen LogP) is 0.978. The highest BCUT2D eigenvalue weighted by molar-refractivity contribution is 7.98.